The van der Waals surface area contributed by atoms with Crippen molar-refractivity contribution in [2.24, 2.45) is 0 Å². The molecule has 1 aliphatic rings. The van der Waals surface area contributed by atoms with Crippen LogP contribution in [0.1, 0.15) is 34.3 Å². The number of aryl methyl sites for hydroxylation is 1. The first-order valence-corrected chi connectivity index (χ1v) is 10.0. The maximum Gasteiger partial charge on any atom is 0.257 e. The Morgan fingerprint density at radius 1 is 1.12 bits per heavy atom. The molecule has 24 heavy (non-hydrogen) atoms. The minimum absolute atomic E-state index is 0.0761. The third-order valence-electron chi connectivity index (χ3n) is 4.25. The van der Waals surface area contributed by atoms with E-state index in [2.05, 4.69) is 11.4 Å². The van der Waals surface area contributed by atoms with Crippen LogP contribution in [0.3, 0.4) is 0 Å². The van der Waals surface area contributed by atoms with Crippen molar-refractivity contribution in [3.05, 3.63) is 58.1 Å². The average Bonchev–Trinajstić information content (AvgIpc) is 2.54. The second-order valence-corrected chi connectivity index (χ2v) is 8.44. The molecule has 1 amide bonds. The molecule has 2 aromatic carbocycles. The molecule has 0 spiro atoms. The van der Waals surface area contributed by atoms with Gasteiger partial charge in [0.2, 0.25) is 0 Å². The van der Waals surface area contributed by atoms with E-state index in [1.165, 1.54) is 23.8 Å². The quantitative estimate of drug-likeness (QED) is 0.900. The fourth-order valence-electron chi connectivity index (χ4n) is 3.00. The minimum Gasteiger partial charge on any atom is -0.322 e. The Morgan fingerprint density at radius 3 is 2.62 bits per heavy atom. The van der Waals surface area contributed by atoms with Gasteiger partial charge in [0.05, 0.1) is 15.5 Å². The van der Waals surface area contributed by atoms with E-state index in [0.717, 1.165) is 43.2 Å². The summed E-state index contributed by atoms with van der Waals surface area (Å²) in [7, 11) is -3.40. The van der Waals surface area contributed by atoms with Crippen molar-refractivity contribution in [3.8, 4) is 0 Å². The summed E-state index contributed by atoms with van der Waals surface area (Å²) < 4.78 is 23.4. The molecule has 0 saturated heterocycles. The van der Waals surface area contributed by atoms with Crippen molar-refractivity contribution in [3.63, 3.8) is 0 Å². The lowest BCUT2D eigenvalue weighted by Gasteiger charge is -2.19. The summed E-state index contributed by atoms with van der Waals surface area (Å²) >= 11 is 6.10. The van der Waals surface area contributed by atoms with Crippen molar-refractivity contribution in [1.29, 1.82) is 0 Å². The highest BCUT2D eigenvalue weighted by atomic mass is 35.5. The number of fused-ring (bicyclic) bond motifs is 1. The van der Waals surface area contributed by atoms with E-state index in [4.69, 9.17) is 11.6 Å². The van der Waals surface area contributed by atoms with E-state index < -0.39 is 15.7 Å². The molecule has 126 valence electrons. The number of amides is 1. The maximum atomic E-state index is 12.6. The van der Waals surface area contributed by atoms with E-state index in [1.54, 1.807) is 0 Å². The van der Waals surface area contributed by atoms with E-state index in [1.807, 2.05) is 12.1 Å². The van der Waals surface area contributed by atoms with Gasteiger partial charge in [-0.05, 0) is 61.1 Å². The summed E-state index contributed by atoms with van der Waals surface area (Å²) in [6.45, 7) is 0. The first kappa shape index (κ1) is 17.0. The standard InChI is InChI=1S/C18H18ClNO3S/c1-24(22,23)13-9-10-16(19)15(11-13)18(21)20-17-8-4-6-12-5-2-3-7-14(12)17/h4,6,8-11H,2-3,5,7H2,1H3,(H,20,21). The third kappa shape index (κ3) is 3.47. The highest BCUT2D eigenvalue weighted by Crippen LogP contribution is 2.29. The molecule has 0 atom stereocenters. The summed E-state index contributed by atoms with van der Waals surface area (Å²) in [5.74, 6) is -0.399. The zero-order valence-corrected chi connectivity index (χ0v) is 14.9. The highest BCUT2D eigenvalue weighted by molar-refractivity contribution is 7.90. The monoisotopic (exact) mass is 363 g/mol. The van der Waals surface area contributed by atoms with Gasteiger partial charge in [-0.1, -0.05) is 23.7 Å². The second-order valence-electron chi connectivity index (χ2n) is 6.02. The number of benzene rings is 2. The first-order chi connectivity index (χ1) is 11.4. The van der Waals surface area contributed by atoms with Crippen LogP contribution in [-0.2, 0) is 22.7 Å². The van der Waals surface area contributed by atoms with Gasteiger partial charge in [0.1, 0.15) is 0 Å². The summed E-state index contributed by atoms with van der Waals surface area (Å²) in [4.78, 5) is 12.7. The Hall–Kier alpha value is -1.85. The largest absolute Gasteiger partial charge is 0.322 e. The van der Waals surface area contributed by atoms with Crippen molar-refractivity contribution in [2.75, 3.05) is 11.6 Å². The minimum atomic E-state index is -3.40. The average molecular weight is 364 g/mol. The van der Waals surface area contributed by atoms with E-state index >= 15 is 0 Å². The molecule has 0 unspecified atom stereocenters. The Kier molecular flexibility index (Phi) is 4.65. The van der Waals surface area contributed by atoms with Gasteiger partial charge in [0, 0.05) is 11.9 Å². The molecule has 4 nitrogen and oxygen atoms in total. The van der Waals surface area contributed by atoms with Crippen LogP contribution in [0.15, 0.2) is 41.3 Å². The number of sulfone groups is 1. The van der Waals surface area contributed by atoms with Crippen molar-refractivity contribution in [2.45, 2.75) is 30.6 Å². The van der Waals surface area contributed by atoms with Crippen LogP contribution in [0.5, 0.6) is 0 Å². The van der Waals surface area contributed by atoms with Gasteiger partial charge in [0.25, 0.3) is 5.91 Å². The summed E-state index contributed by atoms with van der Waals surface area (Å²) in [6, 6.07) is 10.0. The van der Waals surface area contributed by atoms with Crippen LogP contribution in [0.4, 0.5) is 5.69 Å². The number of anilines is 1. The van der Waals surface area contributed by atoms with Gasteiger partial charge in [0.15, 0.2) is 9.84 Å². The molecule has 1 N–H and O–H groups in total. The number of rotatable bonds is 3. The predicted octanol–water partition coefficient (Wildman–Crippen LogP) is 3.87. The number of nitrogens with one attached hydrogen (secondary N) is 1. The van der Waals surface area contributed by atoms with E-state index in [0.29, 0.717) is 0 Å². The van der Waals surface area contributed by atoms with Gasteiger partial charge >= 0.3 is 0 Å². The molecule has 0 bridgehead atoms. The summed E-state index contributed by atoms with van der Waals surface area (Å²) in [5, 5.41) is 3.11. The van der Waals surface area contributed by atoms with Crippen LogP contribution >= 0.6 is 11.6 Å². The normalized spacial score (nSPS) is 14.1. The lowest BCUT2D eigenvalue weighted by atomic mass is 9.90. The smallest absolute Gasteiger partial charge is 0.257 e. The fraction of sp³-hybridized carbons (Fsp3) is 0.278. The Morgan fingerprint density at radius 2 is 1.88 bits per heavy atom. The van der Waals surface area contributed by atoms with Crippen molar-refractivity contribution >= 4 is 33.0 Å². The molecule has 0 heterocycles. The van der Waals surface area contributed by atoms with Crippen LogP contribution in [0.25, 0.3) is 0 Å². The number of carbonyl (C=O) groups excluding carboxylic acids is 1. The topological polar surface area (TPSA) is 63.2 Å². The summed E-state index contributed by atoms with van der Waals surface area (Å²) in [6.07, 6.45) is 5.31. The van der Waals surface area contributed by atoms with Crippen molar-refractivity contribution < 1.29 is 13.2 Å². The van der Waals surface area contributed by atoms with E-state index in [-0.39, 0.29) is 15.5 Å². The van der Waals surface area contributed by atoms with Gasteiger partial charge in [-0.3, -0.25) is 4.79 Å². The van der Waals surface area contributed by atoms with Crippen LogP contribution < -0.4 is 5.32 Å². The molecule has 0 radical (unpaired) electrons. The van der Waals surface area contributed by atoms with Gasteiger partial charge in [-0.25, -0.2) is 8.42 Å². The van der Waals surface area contributed by atoms with Crippen molar-refractivity contribution in [1.82, 2.24) is 0 Å². The second kappa shape index (κ2) is 6.57. The lowest BCUT2D eigenvalue weighted by Crippen LogP contribution is -2.16. The maximum absolute atomic E-state index is 12.6. The predicted molar refractivity (Wildman–Crippen MR) is 95.6 cm³/mol. The Balaban J connectivity index is 1.94. The zero-order valence-electron chi connectivity index (χ0n) is 13.3. The molecule has 0 aliphatic heterocycles. The number of carbonyl (C=O) groups is 1. The van der Waals surface area contributed by atoms with Gasteiger partial charge in [-0.2, -0.15) is 0 Å². The number of hydrogen-bond donors (Lipinski definition) is 1. The molecule has 0 fully saturated rings. The lowest BCUT2D eigenvalue weighted by molar-refractivity contribution is 0.102. The van der Waals surface area contributed by atoms with Crippen LogP contribution in [0, 0.1) is 0 Å². The highest BCUT2D eigenvalue weighted by Gasteiger charge is 2.18. The summed E-state index contributed by atoms with van der Waals surface area (Å²) in [5.41, 5.74) is 3.36. The third-order valence-corrected chi connectivity index (χ3v) is 5.69. The molecular formula is C18H18ClNO3S. The van der Waals surface area contributed by atoms with Crippen LogP contribution in [-0.4, -0.2) is 20.6 Å². The number of halogens is 1. The molecule has 1 aliphatic carbocycles. The van der Waals surface area contributed by atoms with Gasteiger partial charge in [-0.15, -0.1) is 0 Å². The fourth-order valence-corrected chi connectivity index (χ4v) is 3.85. The molecule has 6 heteroatoms. The molecule has 3 rings (SSSR count). The SMILES string of the molecule is CS(=O)(=O)c1ccc(Cl)c(C(=O)Nc2cccc3c2CCCC3)c1. The molecular weight excluding hydrogens is 346 g/mol. The molecule has 0 saturated carbocycles. The van der Waals surface area contributed by atoms with E-state index in [9.17, 15) is 13.2 Å². The Labute approximate surface area is 146 Å². The first-order valence-electron chi connectivity index (χ1n) is 7.78. The number of hydrogen-bond acceptors (Lipinski definition) is 3. The van der Waals surface area contributed by atoms with Crippen LogP contribution in [0.2, 0.25) is 5.02 Å². The zero-order chi connectivity index (χ0) is 17.3. The molecule has 2 aromatic rings. The molecule has 0 aromatic heterocycles. The van der Waals surface area contributed by atoms with Gasteiger partial charge < -0.3 is 5.32 Å². The Bertz CT molecular complexity index is 906.